The van der Waals surface area contributed by atoms with E-state index in [2.05, 4.69) is 43.3 Å². The lowest BCUT2D eigenvalue weighted by Gasteiger charge is -2.31. The van der Waals surface area contributed by atoms with Crippen LogP contribution in [0.15, 0.2) is 53.4 Å². The van der Waals surface area contributed by atoms with Crippen LogP contribution in [0.1, 0.15) is 44.9 Å². The predicted octanol–water partition coefficient (Wildman–Crippen LogP) is 5.14. The number of methoxy groups -OCH3 is 1. The Balaban J connectivity index is 1.35. The molecule has 2 aromatic heterocycles. The maximum atomic E-state index is 13.4. The Labute approximate surface area is 232 Å². The monoisotopic (exact) mass is 567 g/mol. The van der Waals surface area contributed by atoms with E-state index in [1.54, 1.807) is 22.9 Å². The molecule has 0 aliphatic carbocycles. The second-order valence-corrected chi connectivity index (χ2v) is 13.8. The number of nitrogens with one attached hydrogen (secondary N) is 1. The van der Waals surface area contributed by atoms with E-state index in [1.807, 2.05) is 13.0 Å². The number of sulfonamides is 1. The van der Waals surface area contributed by atoms with Crippen molar-refractivity contribution in [1.82, 2.24) is 19.1 Å². The van der Waals surface area contributed by atoms with Gasteiger partial charge in [0, 0.05) is 19.2 Å². The summed E-state index contributed by atoms with van der Waals surface area (Å²) in [7, 11) is -2.20. The molecule has 0 spiro atoms. The quantitative estimate of drug-likeness (QED) is 0.346. The fourth-order valence-electron chi connectivity index (χ4n) is 4.70. The molecule has 1 amide bonds. The van der Waals surface area contributed by atoms with Crippen LogP contribution in [0.4, 0.5) is 5.82 Å². The minimum absolute atomic E-state index is 0.0223. The number of anilines is 1. The minimum Gasteiger partial charge on any atom is -0.497 e. The van der Waals surface area contributed by atoms with Crippen LogP contribution in [0.2, 0.25) is 0 Å². The number of fused-ring (bicyclic) bond motifs is 1. The van der Waals surface area contributed by atoms with Crippen molar-refractivity contribution in [1.29, 1.82) is 0 Å². The van der Waals surface area contributed by atoms with Crippen LogP contribution < -0.4 is 10.1 Å². The maximum Gasteiger partial charge on any atom is 0.243 e. The van der Waals surface area contributed by atoms with Gasteiger partial charge in [0.1, 0.15) is 11.6 Å². The number of thiazole rings is 1. The van der Waals surface area contributed by atoms with E-state index in [0.29, 0.717) is 36.1 Å². The number of nitrogens with zero attached hydrogens (tertiary/aromatic N) is 4. The fraction of sp³-hybridized carbons (Fsp3) is 0.393. The third kappa shape index (κ3) is 5.57. The average molecular weight is 568 g/mol. The first-order chi connectivity index (χ1) is 18.5. The van der Waals surface area contributed by atoms with E-state index in [1.165, 1.54) is 40.4 Å². The predicted molar refractivity (Wildman–Crippen MR) is 153 cm³/mol. The zero-order valence-electron chi connectivity index (χ0n) is 22.8. The zero-order valence-corrected chi connectivity index (χ0v) is 24.4. The molecule has 39 heavy (non-hydrogen) atoms. The molecule has 0 bridgehead atoms. The van der Waals surface area contributed by atoms with Gasteiger partial charge in [-0.1, -0.05) is 38.2 Å². The molecule has 5 rings (SSSR count). The summed E-state index contributed by atoms with van der Waals surface area (Å²) in [5, 5.41) is 8.24. The average Bonchev–Trinajstić information content (AvgIpc) is 3.50. The summed E-state index contributed by atoms with van der Waals surface area (Å²) in [6.07, 6.45) is 1.20. The summed E-state index contributed by atoms with van der Waals surface area (Å²) >= 11 is 1.52. The molecular formula is C28H33N5O4S2. The third-order valence-electron chi connectivity index (χ3n) is 6.96. The number of rotatable bonds is 6. The van der Waals surface area contributed by atoms with Gasteiger partial charge in [0.15, 0.2) is 0 Å². The molecule has 1 aliphatic heterocycles. The Morgan fingerprint density at radius 2 is 1.87 bits per heavy atom. The summed E-state index contributed by atoms with van der Waals surface area (Å²) in [4.78, 5) is 18.3. The smallest absolute Gasteiger partial charge is 0.243 e. The molecule has 0 saturated carbocycles. The Morgan fingerprint density at radius 1 is 1.13 bits per heavy atom. The van der Waals surface area contributed by atoms with Gasteiger partial charge in [-0.3, -0.25) is 4.79 Å². The molecule has 3 heterocycles. The number of aromatic nitrogens is 3. The van der Waals surface area contributed by atoms with Crippen molar-refractivity contribution in [2.24, 2.45) is 5.92 Å². The van der Waals surface area contributed by atoms with Gasteiger partial charge in [-0.2, -0.15) is 14.1 Å². The number of ether oxygens (including phenoxy) is 1. The van der Waals surface area contributed by atoms with E-state index >= 15 is 0 Å². The summed E-state index contributed by atoms with van der Waals surface area (Å²) in [6, 6.07) is 14.4. The Bertz CT molecular complexity index is 1620. The van der Waals surface area contributed by atoms with Gasteiger partial charge in [0.05, 0.1) is 33.8 Å². The van der Waals surface area contributed by atoms with E-state index in [0.717, 1.165) is 15.9 Å². The number of benzene rings is 2. The van der Waals surface area contributed by atoms with Crippen LogP contribution in [-0.2, 0) is 20.2 Å². The van der Waals surface area contributed by atoms with Crippen LogP contribution in [0.3, 0.4) is 0 Å². The van der Waals surface area contributed by atoms with Gasteiger partial charge >= 0.3 is 0 Å². The van der Waals surface area contributed by atoms with Crippen molar-refractivity contribution >= 4 is 43.3 Å². The first-order valence-electron chi connectivity index (χ1n) is 12.9. The maximum absolute atomic E-state index is 13.4. The molecule has 1 atom stereocenters. The van der Waals surface area contributed by atoms with Crippen LogP contribution in [0.5, 0.6) is 5.75 Å². The number of piperidine rings is 1. The van der Waals surface area contributed by atoms with Gasteiger partial charge in [0.25, 0.3) is 0 Å². The highest BCUT2D eigenvalue weighted by molar-refractivity contribution is 7.89. The third-order valence-corrected chi connectivity index (χ3v) is 9.83. The van der Waals surface area contributed by atoms with Crippen molar-refractivity contribution in [3.05, 3.63) is 59.8 Å². The standard InChI is InChI=1S/C28H33N5O4S2/c1-18-15-25(33(31-18)27-29-23-13-8-20(28(2,3)4)16-24(23)38-27)30-26(34)19-7-6-14-32(17-19)39(35,36)22-11-9-21(37-5)10-12-22/h8-13,15-16,19H,6-7,14,17H2,1-5H3,(H,30,34). The van der Waals surface area contributed by atoms with E-state index in [-0.39, 0.29) is 22.8 Å². The summed E-state index contributed by atoms with van der Waals surface area (Å²) in [5.74, 6) is 0.379. The van der Waals surface area contributed by atoms with Crippen molar-refractivity contribution < 1.29 is 17.9 Å². The Kier molecular flexibility index (Phi) is 7.25. The SMILES string of the molecule is COc1ccc(S(=O)(=O)N2CCCC(C(=O)Nc3cc(C)nn3-c3nc4ccc(C(C)(C)C)cc4s3)C2)cc1. The molecule has 1 saturated heterocycles. The number of amides is 1. The largest absolute Gasteiger partial charge is 0.497 e. The highest BCUT2D eigenvalue weighted by Gasteiger charge is 2.34. The molecule has 11 heteroatoms. The van der Waals surface area contributed by atoms with Gasteiger partial charge in [-0.15, -0.1) is 0 Å². The van der Waals surface area contributed by atoms with Crippen molar-refractivity contribution in [2.45, 2.75) is 50.8 Å². The lowest BCUT2D eigenvalue weighted by molar-refractivity contribution is -0.120. The van der Waals surface area contributed by atoms with Gasteiger partial charge in [-0.25, -0.2) is 13.4 Å². The molecule has 0 radical (unpaired) electrons. The fourth-order valence-corrected chi connectivity index (χ4v) is 7.20. The summed E-state index contributed by atoms with van der Waals surface area (Å²) in [5.41, 5.74) is 2.86. The van der Waals surface area contributed by atoms with Gasteiger partial charge in [-0.05, 0) is 67.1 Å². The van der Waals surface area contributed by atoms with Crippen LogP contribution in [0.25, 0.3) is 15.3 Å². The van der Waals surface area contributed by atoms with Crippen LogP contribution in [0, 0.1) is 12.8 Å². The first kappa shape index (κ1) is 27.3. The molecule has 1 fully saturated rings. The first-order valence-corrected chi connectivity index (χ1v) is 15.1. The molecule has 1 unspecified atom stereocenters. The highest BCUT2D eigenvalue weighted by Crippen LogP contribution is 2.32. The van der Waals surface area contributed by atoms with Crippen molar-refractivity contribution in [3.63, 3.8) is 0 Å². The number of aryl methyl sites for hydroxylation is 1. The second-order valence-electron chi connectivity index (χ2n) is 10.9. The Morgan fingerprint density at radius 3 is 2.56 bits per heavy atom. The number of carbonyl (C=O) groups is 1. The van der Waals surface area contributed by atoms with Gasteiger partial charge in [0.2, 0.25) is 21.1 Å². The van der Waals surface area contributed by atoms with Crippen LogP contribution >= 0.6 is 11.3 Å². The van der Waals surface area contributed by atoms with Crippen molar-refractivity contribution in [2.75, 3.05) is 25.5 Å². The van der Waals surface area contributed by atoms with Crippen LogP contribution in [-0.4, -0.2) is 53.6 Å². The molecule has 4 aromatic rings. The lowest BCUT2D eigenvalue weighted by atomic mass is 9.87. The lowest BCUT2D eigenvalue weighted by Crippen LogP contribution is -2.43. The number of hydrogen-bond acceptors (Lipinski definition) is 7. The normalized spacial score (nSPS) is 16.9. The van der Waals surface area contributed by atoms with E-state index in [9.17, 15) is 13.2 Å². The topological polar surface area (TPSA) is 106 Å². The van der Waals surface area contributed by atoms with E-state index in [4.69, 9.17) is 9.72 Å². The van der Waals surface area contributed by atoms with Crippen molar-refractivity contribution in [3.8, 4) is 10.9 Å². The Hall–Kier alpha value is -3.28. The van der Waals surface area contributed by atoms with Gasteiger partial charge < -0.3 is 10.1 Å². The molecule has 1 aliphatic rings. The molecule has 2 aromatic carbocycles. The minimum atomic E-state index is -3.73. The summed E-state index contributed by atoms with van der Waals surface area (Å²) < 4.78 is 35.8. The molecule has 206 valence electrons. The highest BCUT2D eigenvalue weighted by atomic mass is 32.2. The molecular weight excluding hydrogens is 534 g/mol. The number of hydrogen-bond donors (Lipinski definition) is 1. The molecule has 9 nitrogen and oxygen atoms in total. The van der Waals surface area contributed by atoms with E-state index < -0.39 is 15.9 Å². The second kappa shape index (κ2) is 10.4. The number of carbonyl (C=O) groups excluding carboxylic acids is 1. The summed E-state index contributed by atoms with van der Waals surface area (Å²) in [6.45, 7) is 8.88. The molecule has 1 N–H and O–H groups in total. The zero-order chi connectivity index (χ0) is 27.9.